The number of carbonyl (C=O) groups excluding carboxylic acids is 2. The molecule has 51 heavy (non-hydrogen) atoms. The molecule has 0 aliphatic carbocycles. The average molecular weight is 710 g/mol. The number of nitrogens with one attached hydrogen (secondary N) is 2. The van der Waals surface area contributed by atoms with Crippen molar-refractivity contribution < 1.29 is 19.1 Å². The van der Waals surface area contributed by atoms with Crippen molar-refractivity contribution in [2.45, 2.75) is 32.3 Å². The number of aryl methyl sites for hydroxylation is 2. The summed E-state index contributed by atoms with van der Waals surface area (Å²) in [7, 11) is 1.88. The fraction of sp³-hybridized carbons (Fsp3) is 0.378. The van der Waals surface area contributed by atoms with Crippen LogP contribution in [0.2, 0.25) is 5.02 Å². The molecule has 13 nitrogen and oxygen atoms in total. The van der Waals surface area contributed by atoms with Crippen molar-refractivity contribution in [2.24, 2.45) is 13.0 Å². The highest BCUT2D eigenvalue weighted by Crippen LogP contribution is 2.37. The van der Waals surface area contributed by atoms with Crippen LogP contribution in [0.15, 0.2) is 60.9 Å². The Morgan fingerprint density at radius 3 is 2.61 bits per heavy atom. The smallest absolute Gasteiger partial charge is 0.328 e. The predicted octanol–water partition coefficient (Wildman–Crippen LogP) is 5.85. The number of ether oxygens (including phenoxy) is 2. The summed E-state index contributed by atoms with van der Waals surface area (Å²) in [5.41, 5.74) is 5.93. The van der Waals surface area contributed by atoms with E-state index in [0.717, 1.165) is 73.8 Å². The molecule has 3 fully saturated rings. The van der Waals surface area contributed by atoms with Gasteiger partial charge >= 0.3 is 6.03 Å². The van der Waals surface area contributed by atoms with Gasteiger partial charge in [-0.3, -0.25) is 24.6 Å². The molecule has 6 heterocycles. The zero-order chi connectivity index (χ0) is 35.1. The van der Waals surface area contributed by atoms with Gasteiger partial charge in [0.25, 0.3) is 0 Å². The monoisotopic (exact) mass is 709 g/mol. The molecule has 0 bridgehead atoms. The normalized spacial score (nSPS) is 19.2. The third-order valence-electron chi connectivity index (χ3n) is 10.0. The van der Waals surface area contributed by atoms with Gasteiger partial charge in [0.1, 0.15) is 22.1 Å². The summed E-state index contributed by atoms with van der Waals surface area (Å²) in [6.45, 7) is 7.75. The number of piperidine rings is 1. The Morgan fingerprint density at radius 1 is 1.04 bits per heavy atom. The van der Waals surface area contributed by atoms with Crippen LogP contribution in [0.25, 0.3) is 22.6 Å². The molecule has 1 atom stereocenters. The number of aromatic amines is 1. The molecule has 2 N–H and O–H groups in total. The second-order valence-corrected chi connectivity index (χ2v) is 13.9. The standard InChI is InChI=1S/C37H40ClN9O4/c1-23-29(21-44(2)43-23)35-41-33-34(30(38)19-39-36(33)42-35)51-28-8-6-25(7-9-28)31-22-45(16-17-50-31)20-24-10-13-46(14-11-24)26-4-3-5-27(18-26)47-15-12-32(48)40-37(47)49/h3-9,18-19,21,24,31H,10-17,20,22H2,1-2H3,(H,39,41,42)(H,40,48,49)/t31-/m0/s1. The number of fused-ring (bicyclic) bond motifs is 1. The molecule has 264 valence electrons. The Hall–Kier alpha value is -4.98. The molecule has 3 aromatic heterocycles. The molecule has 14 heteroatoms. The van der Waals surface area contributed by atoms with Gasteiger partial charge in [0.15, 0.2) is 11.4 Å². The minimum atomic E-state index is -0.354. The van der Waals surface area contributed by atoms with E-state index in [4.69, 9.17) is 21.1 Å². The van der Waals surface area contributed by atoms with E-state index in [-0.39, 0.29) is 18.0 Å². The second-order valence-electron chi connectivity index (χ2n) is 13.5. The van der Waals surface area contributed by atoms with E-state index in [1.807, 2.05) is 44.4 Å². The van der Waals surface area contributed by atoms with Crippen molar-refractivity contribution in [2.75, 3.05) is 55.7 Å². The number of anilines is 2. The highest BCUT2D eigenvalue weighted by molar-refractivity contribution is 6.32. The number of amides is 3. The molecule has 3 aliphatic rings. The van der Waals surface area contributed by atoms with Crippen molar-refractivity contribution in [3.63, 3.8) is 0 Å². The number of hydrogen-bond acceptors (Lipinski definition) is 9. The number of urea groups is 1. The van der Waals surface area contributed by atoms with E-state index >= 15 is 0 Å². The van der Waals surface area contributed by atoms with E-state index in [2.05, 4.69) is 59.4 Å². The minimum Gasteiger partial charge on any atom is -0.453 e. The summed E-state index contributed by atoms with van der Waals surface area (Å²) in [6, 6.07) is 15.7. The molecule has 0 saturated carbocycles. The molecule has 0 unspecified atom stereocenters. The van der Waals surface area contributed by atoms with Crippen LogP contribution in [0, 0.1) is 12.8 Å². The molecule has 5 aromatic rings. The second kappa shape index (κ2) is 14.0. The van der Waals surface area contributed by atoms with Gasteiger partial charge in [0, 0.05) is 70.3 Å². The maximum absolute atomic E-state index is 12.4. The van der Waals surface area contributed by atoms with Gasteiger partial charge in [-0.15, -0.1) is 0 Å². The SMILES string of the molecule is Cc1nn(C)cc1-c1nc2ncc(Cl)c(Oc3ccc([C@@H]4CN(CC5CCN(c6cccc(N7CCC(=O)NC7=O)c6)CC5)CCO4)cc3)c2[nH]1. The molecular weight excluding hydrogens is 670 g/mol. The number of aromatic nitrogens is 5. The molecule has 3 aliphatic heterocycles. The van der Waals surface area contributed by atoms with E-state index in [0.29, 0.717) is 59.0 Å². The number of benzene rings is 2. The van der Waals surface area contributed by atoms with Crippen molar-refractivity contribution in [1.29, 1.82) is 0 Å². The number of halogens is 1. The van der Waals surface area contributed by atoms with Gasteiger partial charge in [0.2, 0.25) is 5.91 Å². The number of rotatable bonds is 8. The number of imide groups is 1. The van der Waals surface area contributed by atoms with E-state index in [1.165, 1.54) is 0 Å². The first kappa shape index (κ1) is 33.2. The number of nitrogens with zero attached hydrogens (tertiary/aromatic N) is 7. The van der Waals surface area contributed by atoms with E-state index in [9.17, 15) is 9.59 Å². The maximum atomic E-state index is 12.4. The molecule has 3 saturated heterocycles. The topological polar surface area (TPSA) is 134 Å². The van der Waals surface area contributed by atoms with Gasteiger partial charge < -0.3 is 19.4 Å². The molecule has 0 spiro atoms. The summed E-state index contributed by atoms with van der Waals surface area (Å²) >= 11 is 6.57. The van der Waals surface area contributed by atoms with Crippen LogP contribution < -0.4 is 19.9 Å². The van der Waals surface area contributed by atoms with Crippen LogP contribution in [0.4, 0.5) is 16.2 Å². The Bertz CT molecular complexity index is 2070. The Kier molecular flexibility index (Phi) is 9.09. The summed E-state index contributed by atoms with van der Waals surface area (Å²) in [5.74, 6) is 2.16. The van der Waals surface area contributed by atoms with Gasteiger partial charge in [0.05, 0.1) is 30.2 Å². The lowest BCUT2D eigenvalue weighted by atomic mass is 9.95. The maximum Gasteiger partial charge on any atom is 0.328 e. The van der Waals surface area contributed by atoms with Crippen LogP contribution >= 0.6 is 11.6 Å². The number of carbonyl (C=O) groups is 2. The molecule has 8 rings (SSSR count). The summed E-state index contributed by atoms with van der Waals surface area (Å²) in [5, 5.41) is 7.23. The Balaban J connectivity index is 0.868. The fourth-order valence-corrected chi connectivity index (χ4v) is 7.50. The first-order chi connectivity index (χ1) is 24.8. The Labute approximate surface area is 300 Å². The third-order valence-corrected chi connectivity index (χ3v) is 10.3. The minimum absolute atomic E-state index is 0.0213. The first-order valence-electron chi connectivity index (χ1n) is 17.4. The van der Waals surface area contributed by atoms with Crippen LogP contribution in [0.5, 0.6) is 11.5 Å². The van der Waals surface area contributed by atoms with Crippen molar-refractivity contribution in [1.82, 2.24) is 34.9 Å². The van der Waals surface area contributed by atoms with Crippen LogP contribution in [0.3, 0.4) is 0 Å². The third kappa shape index (κ3) is 7.01. The zero-order valence-corrected chi connectivity index (χ0v) is 29.4. The molecular formula is C37H40ClN9O4. The first-order valence-corrected chi connectivity index (χ1v) is 17.8. The number of morpholine rings is 1. The average Bonchev–Trinajstić information content (AvgIpc) is 3.72. The summed E-state index contributed by atoms with van der Waals surface area (Å²) in [6.07, 6.45) is 5.96. The van der Waals surface area contributed by atoms with Crippen LogP contribution in [-0.4, -0.2) is 87.4 Å². The highest BCUT2D eigenvalue weighted by atomic mass is 35.5. The highest BCUT2D eigenvalue weighted by Gasteiger charge is 2.28. The van der Waals surface area contributed by atoms with Gasteiger partial charge in [-0.05, 0) is 61.6 Å². The quantitative estimate of drug-likeness (QED) is 0.204. The van der Waals surface area contributed by atoms with Gasteiger partial charge in [-0.2, -0.15) is 5.10 Å². The predicted molar refractivity (Wildman–Crippen MR) is 194 cm³/mol. The van der Waals surface area contributed by atoms with Crippen molar-refractivity contribution >= 4 is 46.1 Å². The van der Waals surface area contributed by atoms with E-state index in [1.54, 1.807) is 15.8 Å². The number of hydrogen-bond donors (Lipinski definition) is 2. The fourth-order valence-electron chi connectivity index (χ4n) is 7.32. The summed E-state index contributed by atoms with van der Waals surface area (Å²) < 4.78 is 14.3. The van der Waals surface area contributed by atoms with Crippen LogP contribution in [0.1, 0.15) is 36.6 Å². The molecule has 2 aromatic carbocycles. The number of H-pyrrole nitrogens is 1. The van der Waals surface area contributed by atoms with Crippen molar-refractivity contribution in [3.8, 4) is 22.9 Å². The lowest BCUT2D eigenvalue weighted by Gasteiger charge is -2.39. The number of imidazole rings is 1. The molecule has 3 amide bonds. The Morgan fingerprint density at radius 2 is 1.84 bits per heavy atom. The van der Waals surface area contributed by atoms with Crippen LogP contribution in [-0.2, 0) is 16.6 Å². The van der Waals surface area contributed by atoms with E-state index < -0.39 is 0 Å². The van der Waals surface area contributed by atoms with Gasteiger partial charge in [-0.25, -0.2) is 14.8 Å². The number of pyridine rings is 1. The zero-order valence-electron chi connectivity index (χ0n) is 28.6. The largest absolute Gasteiger partial charge is 0.453 e. The lowest BCUT2D eigenvalue weighted by Crippen LogP contribution is -2.49. The lowest BCUT2D eigenvalue weighted by molar-refractivity contribution is -0.120. The molecule has 0 radical (unpaired) electrons. The summed E-state index contributed by atoms with van der Waals surface area (Å²) in [4.78, 5) is 42.9. The van der Waals surface area contributed by atoms with Crippen molar-refractivity contribution in [3.05, 3.63) is 77.2 Å². The van der Waals surface area contributed by atoms with Gasteiger partial charge in [-0.1, -0.05) is 29.8 Å².